The molecule has 0 spiro atoms. The number of hydrogen-bond donors (Lipinski definition) is 1. The monoisotopic (exact) mass is 527 g/mol. The van der Waals surface area contributed by atoms with E-state index in [0.717, 1.165) is 9.87 Å². The molecule has 0 heterocycles. The number of nitrogens with zero attached hydrogens (tertiary/aromatic N) is 2. The number of carbonyl (C=O) groups excluding carboxylic acids is 2. The molecule has 3 aromatic rings. The highest BCUT2D eigenvalue weighted by molar-refractivity contribution is 7.92. The molecule has 3 aromatic carbocycles. The average molecular weight is 528 g/mol. The lowest BCUT2D eigenvalue weighted by atomic mass is 10.1. The lowest BCUT2D eigenvalue weighted by Gasteiger charge is -2.26. The first-order valence-electron chi connectivity index (χ1n) is 11.6. The summed E-state index contributed by atoms with van der Waals surface area (Å²) in [6.45, 7) is 7.91. The van der Waals surface area contributed by atoms with E-state index in [-0.39, 0.29) is 10.8 Å². The third kappa shape index (κ3) is 6.06. The lowest BCUT2D eigenvalue weighted by Crippen LogP contribution is -2.39. The van der Waals surface area contributed by atoms with E-state index in [9.17, 15) is 18.0 Å². The van der Waals surface area contributed by atoms with Gasteiger partial charge in [-0.25, -0.2) is 8.42 Å². The van der Waals surface area contributed by atoms with E-state index >= 15 is 0 Å². The van der Waals surface area contributed by atoms with Crippen LogP contribution in [0.25, 0.3) is 0 Å². The van der Waals surface area contributed by atoms with Crippen molar-refractivity contribution in [3.63, 3.8) is 0 Å². The highest BCUT2D eigenvalue weighted by Gasteiger charge is 2.29. The Morgan fingerprint density at radius 2 is 1.56 bits per heavy atom. The summed E-state index contributed by atoms with van der Waals surface area (Å²) in [5.41, 5.74) is 2.51. The number of halogens is 1. The summed E-state index contributed by atoms with van der Waals surface area (Å²) in [6.07, 6.45) is 0. The second-order valence-electron chi connectivity index (χ2n) is 8.33. The Morgan fingerprint density at radius 3 is 2.17 bits per heavy atom. The predicted molar refractivity (Wildman–Crippen MR) is 144 cm³/mol. The molecule has 9 heteroatoms. The molecule has 3 rings (SSSR count). The quantitative estimate of drug-likeness (QED) is 0.410. The summed E-state index contributed by atoms with van der Waals surface area (Å²) in [7, 11) is -4.09. The molecule has 0 aromatic heterocycles. The van der Waals surface area contributed by atoms with Crippen molar-refractivity contribution in [3.8, 4) is 0 Å². The molecule has 190 valence electrons. The molecule has 0 saturated heterocycles. The lowest BCUT2D eigenvalue weighted by molar-refractivity contribution is -0.114. The maximum Gasteiger partial charge on any atom is 0.264 e. The topological polar surface area (TPSA) is 86.8 Å². The van der Waals surface area contributed by atoms with E-state index in [1.165, 1.54) is 12.1 Å². The molecular weight excluding hydrogens is 498 g/mol. The molecule has 0 aliphatic rings. The van der Waals surface area contributed by atoms with Crippen molar-refractivity contribution in [2.24, 2.45) is 0 Å². The van der Waals surface area contributed by atoms with Crippen molar-refractivity contribution < 1.29 is 18.0 Å². The third-order valence-corrected chi connectivity index (χ3v) is 7.81. The Morgan fingerprint density at radius 1 is 0.917 bits per heavy atom. The minimum atomic E-state index is -4.09. The van der Waals surface area contributed by atoms with Gasteiger partial charge in [0.25, 0.3) is 15.9 Å². The van der Waals surface area contributed by atoms with Crippen LogP contribution in [0.5, 0.6) is 0 Å². The van der Waals surface area contributed by atoms with Gasteiger partial charge in [0.15, 0.2) is 0 Å². The van der Waals surface area contributed by atoms with Crippen LogP contribution in [0.3, 0.4) is 0 Å². The number of nitrogens with one attached hydrogen (secondary N) is 1. The Balaban J connectivity index is 1.98. The fraction of sp³-hybridized carbons (Fsp3) is 0.259. The van der Waals surface area contributed by atoms with Crippen LogP contribution in [0.15, 0.2) is 71.6 Å². The number of benzene rings is 3. The molecule has 0 bridgehead atoms. The number of amides is 2. The number of carbonyl (C=O) groups is 2. The summed E-state index contributed by atoms with van der Waals surface area (Å²) in [5, 5.41) is 3.20. The molecule has 7 nitrogen and oxygen atoms in total. The van der Waals surface area contributed by atoms with Gasteiger partial charge in [-0.3, -0.25) is 13.9 Å². The molecule has 0 saturated carbocycles. The molecule has 1 N–H and O–H groups in total. The minimum Gasteiger partial charge on any atom is -0.339 e. The Bertz CT molecular complexity index is 1350. The number of rotatable bonds is 9. The zero-order chi connectivity index (χ0) is 26.5. The molecule has 0 unspecified atom stereocenters. The van der Waals surface area contributed by atoms with E-state index in [0.29, 0.717) is 40.6 Å². The van der Waals surface area contributed by atoms with E-state index in [4.69, 9.17) is 11.6 Å². The van der Waals surface area contributed by atoms with Gasteiger partial charge in [0, 0.05) is 18.1 Å². The largest absolute Gasteiger partial charge is 0.339 e. The van der Waals surface area contributed by atoms with Crippen molar-refractivity contribution in [1.29, 1.82) is 0 Å². The summed E-state index contributed by atoms with van der Waals surface area (Å²) >= 11 is 6.10. The van der Waals surface area contributed by atoms with Crippen LogP contribution in [0.2, 0.25) is 5.02 Å². The Kier molecular flexibility index (Phi) is 8.76. The van der Waals surface area contributed by atoms with Crippen molar-refractivity contribution >= 4 is 44.8 Å². The zero-order valence-corrected chi connectivity index (χ0v) is 22.4. The first-order valence-corrected chi connectivity index (χ1v) is 13.4. The van der Waals surface area contributed by atoms with Crippen molar-refractivity contribution in [2.75, 3.05) is 29.3 Å². The average Bonchev–Trinajstić information content (AvgIpc) is 2.84. The van der Waals surface area contributed by atoms with Gasteiger partial charge in [0.1, 0.15) is 6.54 Å². The van der Waals surface area contributed by atoms with E-state index in [2.05, 4.69) is 5.32 Å². The highest BCUT2D eigenvalue weighted by atomic mass is 35.5. The van der Waals surface area contributed by atoms with Crippen LogP contribution in [0, 0.1) is 13.8 Å². The molecule has 0 fully saturated rings. The maximum atomic E-state index is 13.7. The van der Waals surface area contributed by atoms with Crippen LogP contribution in [-0.2, 0) is 14.8 Å². The fourth-order valence-corrected chi connectivity index (χ4v) is 5.53. The van der Waals surface area contributed by atoms with Crippen LogP contribution in [0.4, 0.5) is 11.4 Å². The number of sulfonamides is 1. The molecule has 0 radical (unpaired) electrons. The molecule has 0 aliphatic heterocycles. The van der Waals surface area contributed by atoms with Crippen molar-refractivity contribution in [3.05, 3.63) is 88.4 Å². The van der Waals surface area contributed by atoms with Gasteiger partial charge in [0.05, 0.1) is 21.8 Å². The number of hydrogen-bond acceptors (Lipinski definition) is 4. The zero-order valence-electron chi connectivity index (χ0n) is 20.8. The minimum absolute atomic E-state index is 0.0624. The van der Waals surface area contributed by atoms with Crippen molar-refractivity contribution in [1.82, 2.24) is 4.90 Å². The smallest absolute Gasteiger partial charge is 0.264 e. The van der Waals surface area contributed by atoms with Crippen LogP contribution < -0.4 is 9.62 Å². The summed E-state index contributed by atoms with van der Waals surface area (Å²) < 4.78 is 28.4. The van der Waals surface area contributed by atoms with Gasteiger partial charge < -0.3 is 10.2 Å². The normalized spacial score (nSPS) is 11.1. The molecule has 2 amide bonds. The number of para-hydroxylation sites is 1. The maximum absolute atomic E-state index is 13.7. The predicted octanol–water partition coefficient (Wildman–Crippen LogP) is 5.27. The van der Waals surface area contributed by atoms with Crippen LogP contribution in [-0.4, -0.2) is 44.8 Å². The summed E-state index contributed by atoms with van der Waals surface area (Å²) in [5.74, 6) is -0.798. The van der Waals surface area contributed by atoms with E-state index < -0.39 is 22.5 Å². The third-order valence-electron chi connectivity index (χ3n) is 5.81. The van der Waals surface area contributed by atoms with Gasteiger partial charge in [0.2, 0.25) is 5.91 Å². The summed E-state index contributed by atoms with van der Waals surface area (Å²) in [4.78, 5) is 27.9. The van der Waals surface area contributed by atoms with Crippen LogP contribution >= 0.6 is 11.6 Å². The van der Waals surface area contributed by atoms with Gasteiger partial charge >= 0.3 is 0 Å². The second-order valence-corrected chi connectivity index (χ2v) is 10.6. The Hall–Kier alpha value is -3.36. The first kappa shape index (κ1) is 27.2. The number of aryl methyl sites for hydroxylation is 2. The first-order chi connectivity index (χ1) is 17.1. The van der Waals surface area contributed by atoms with Gasteiger partial charge in [-0.05, 0) is 75.7 Å². The van der Waals surface area contributed by atoms with E-state index in [1.807, 2.05) is 20.8 Å². The highest BCUT2D eigenvalue weighted by Crippen LogP contribution is 2.29. The second kappa shape index (κ2) is 11.6. The van der Waals surface area contributed by atoms with Crippen LogP contribution in [0.1, 0.15) is 35.3 Å². The van der Waals surface area contributed by atoms with E-state index in [1.54, 1.807) is 66.4 Å². The Labute approximate surface area is 217 Å². The standard InChI is InChI=1S/C27H30ClN3O4S/c1-5-30(6-2)27(33)23-9-7-8-10-24(23)29-26(32)18-31(25-16-13-21(28)17-20(25)4)36(34,35)22-14-11-19(3)12-15-22/h7-17H,5-6,18H2,1-4H3,(H,29,32). The number of anilines is 2. The molecule has 0 aliphatic carbocycles. The molecule has 0 atom stereocenters. The van der Waals surface area contributed by atoms with Crippen molar-refractivity contribution in [2.45, 2.75) is 32.6 Å². The van der Waals surface area contributed by atoms with Gasteiger partial charge in [-0.1, -0.05) is 41.4 Å². The van der Waals surface area contributed by atoms with Gasteiger partial charge in [-0.15, -0.1) is 0 Å². The van der Waals surface area contributed by atoms with Gasteiger partial charge in [-0.2, -0.15) is 0 Å². The summed E-state index contributed by atoms with van der Waals surface area (Å²) in [6, 6.07) is 17.9. The fourth-order valence-electron chi connectivity index (χ4n) is 3.82. The molecular formula is C27H30ClN3O4S. The molecule has 36 heavy (non-hydrogen) atoms. The SMILES string of the molecule is CCN(CC)C(=O)c1ccccc1NC(=O)CN(c1ccc(Cl)cc1C)S(=O)(=O)c1ccc(C)cc1.